The molecule has 166 valence electrons. The van der Waals surface area contributed by atoms with Crippen LogP contribution < -0.4 is 10.2 Å². The molecule has 3 heterocycles. The van der Waals surface area contributed by atoms with Gasteiger partial charge in [-0.2, -0.15) is 10.2 Å². The lowest BCUT2D eigenvalue weighted by Gasteiger charge is -2.37. The molecule has 1 aliphatic carbocycles. The summed E-state index contributed by atoms with van der Waals surface area (Å²) in [5.41, 5.74) is 4.88. The van der Waals surface area contributed by atoms with Crippen LogP contribution in [0.4, 0.5) is 17.5 Å². The zero-order chi connectivity index (χ0) is 22.1. The lowest BCUT2D eigenvalue weighted by molar-refractivity contribution is 0.194. The van der Waals surface area contributed by atoms with Crippen molar-refractivity contribution < 1.29 is 5.11 Å². The minimum absolute atomic E-state index is 0.192. The largest absolute Gasteiger partial charge is 0.369 e. The lowest BCUT2D eigenvalue weighted by Crippen LogP contribution is -2.45. The van der Waals surface area contributed by atoms with Crippen molar-refractivity contribution in [2.75, 3.05) is 23.3 Å². The molecule has 1 atom stereocenters. The Bertz CT molecular complexity index is 1070. The third-order valence-corrected chi connectivity index (χ3v) is 6.83. The van der Waals surface area contributed by atoms with Gasteiger partial charge < -0.3 is 15.3 Å². The van der Waals surface area contributed by atoms with Crippen molar-refractivity contribution in [1.82, 2.24) is 14.9 Å². The van der Waals surface area contributed by atoms with E-state index in [0.717, 1.165) is 63.0 Å². The molecule has 1 unspecified atom stereocenters. The lowest BCUT2D eigenvalue weighted by atomic mass is 9.99. The SMILES string of the molecule is CCCN1CCc2ccc(Nc3ncc4c(n3)N(C3CCCC3)C(O)C(C#N)=C4)cc2C1. The molecule has 1 fully saturated rings. The first-order valence-corrected chi connectivity index (χ1v) is 11.7. The second kappa shape index (κ2) is 8.89. The van der Waals surface area contributed by atoms with Crippen molar-refractivity contribution >= 4 is 23.5 Å². The van der Waals surface area contributed by atoms with E-state index < -0.39 is 6.23 Å². The van der Waals surface area contributed by atoms with E-state index in [0.29, 0.717) is 17.3 Å². The van der Waals surface area contributed by atoms with E-state index in [1.807, 2.05) is 4.90 Å². The predicted molar refractivity (Wildman–Crippen MR) is 125 cm³/mol. The van der Waals surface area contributed by atoms with Crippen molar-refractivity contribution in [3.8, 4) is 6.07 Å². The van der Waals surface area contributed by atoms with Crippen molar-refractivity contribution in [1.29, 1.82) is 5.26 Å². The number of nitrogens with one attached hydrogen (secondary N) is 1. The summed E-state index contributed by atoms with van der Waals surface area (Å²) in [5, 5.41) is 23.7. The first-order chi connectivity index (χ1) is 15.7. The summed E-state index contributed by atoms with van der Waals surface area (Å²) in [7, 11) is 0. The Morgan fingerprint density at radius 3 is 2.88 bits per heavy atom. The second-order valence-electron chi connectivity index (χ2n) is 9.04. The van der Waals surface area contributed by atoms with Crippen LogP contribution in [-0.2, 0) is 13.0 Å². The Hall–Kier alpha value is -2.95. The van der Waals surface area contributed by atoms with Crippen LogP contribution in [0, 0.1) is 11.3 Å². The number of hydrogen-bond donors (Lipinski definition) is 2. The molecule has 0 radical (unpaired) electrons. The van der Waals surface area contributed by atoms with Gasteiger partial charge in [0.1, 0.15) is 5.82 Å². The maximum Gasteiger partial charge on any atom is 0.229 e. The van der Waals surface area contributed by atoms with Crippen LogP contribution in [0.3, 0.4) is 0 Å². The van der Waals surface area contributed by atoms with Crippen molar-refractivity contribution in [2.45, 2.75) is 64.3 Å². The molecule has 0 spiro atoms. The molecule has 7 heteroatoms. The molecule has 1 aromatic carbocycles. The van der Waals surface area contributed by atoms with Gasteiger partial charge in [0.25, 0.3) is 0 Å². The third kappa shape index (κ3) is 3.96. The van der Waals surface area contributed by atoms with E-state index in [-0.39, 0.29) is 6.04 Å². The van der Waals surface area contributed by atoms with Gasteiger partial charge in [0.05, 0.1) is 11.6 Å². The average molecular weight is 431 g/mol. The molecule has 1 aromatic heterocycles. The van der Waals surface area contributed by atoms with Gasteiger partial charge in [-0.05, 0) is 61.6 Å². The first-order valence-electron chi connectivity index (χ1n) is 11.7. The van der Waals surface area contributed by atoms with Crippen LogP contribution in [0.1, 0.15) is 55.7 Å². The highest BCUT2D eigenvalue weighted by molar-refractivity contribution is 5.74. The van der Waals surface area contributed by atoms with Crippen molar-refractivity contribution in [2.24, 2.45) is 0 Å². The molecule has 7 nitrogen and oxygen atoms in total. The van der Waals surface area contributed by atoms with Crippen LogP contribution in [0.15, 0.2) is 30.0 Å². The van der Waals surface area contributed by atoms with Gasteiger partial charge in [-0.1, -0.05) is 25.8 Å². The molecule has 0 amide bonds. The van der Waals surface area contributed by atoms with E-state index in [4.69, 9.17) is 4.98 Å². The van der Waals surface area contributed by atoms with E-state index in [1.54, 1.807) is 12.3 Å². The fourth-order valence-corrected chi connectivity index (χ4v) is 5.23. The number of hydrogen-bond acceptors (Lipinski definition) is 7. The number of nitriles is 1. The first kappa shape index (κ1) is 20.9. The molecular formula is C25H30N6O. The molecule has 3 aliphatic rings. The van der Waals surface area contributed by atoms with Crippen molar-refractivity contribution in [3.63, 3.8) is 0 Å². The van der Waals surface area contributed by atoms with Gasteiger partial charge in [-0.25, -0.2) is 4.98 Å². The summed E-state index contributed by atoms with van der Waals surface area (Å²) >= 11 is 0. The molecule has 32 heavy (non-hydrogen) atoms. The number of aliphatic hydroxyl groups is 1. The maximum atomic E-state index is 10.9. The highest BCUT2D eigenvalue weighted by Crippen LogP contribution is 2.37. The Kier molecular flexibility index (Phi) is 5.81. The normalized spacial score (nSPS) is 21.0. The second-order valence-corrected chi connectivity index (χ2v) is 9.04. The zero-order valence-electron chi connectivity index (χ0n) is 18.6. The Morgan fingerprint density at radius 2 is 2.09 bits per heavy atom. The molecule has 0 bridgehead atoms. The van der Waals surface area contributed by atoms with Crippen LogP contribution in [-0.4, -0.2) is 45.3 Å². The molecule has 2 aliphatic heterocycles. The summed E-state index contributed by atoms with van der Waals surface area (Å²) in [6.45, 7) is 5.45. The zero-order valence-corrected chi connectivity index (χ0v) is 18.6. The highest BCUT2D eigenvalue weighted by atomic mass is 16.3. The minimum atomic E-state index is -0.952. The van der Waals surface area contributed by atoms with Gasteiger partial charge in [0, 0.05) is 36.6 Å². The minimum Gasteiger partial charge on any atom is -0.369 e. The van der Waals surface area contributed by atoms with Gasteiger partial charge in [0.2, 0.25) is 5.95 Å². The monoisotopic (exact) mass is 430 g/mol. The fraction of sp³-hybridized carbons (Fsp3) is 0.480. The van der Waals surface area contributed by atoms with Gasteiger partial charge in [0.15, 0.2) is 6.23 Å². The van der Waals surface area contributed by atoms with Crippen LogP contribution in [0.25, 0.3) is 6.08 Å². The number of rotatable bonds is 5. The average Bonchev–Trinajstić information content (AvgIpc) is 3.33. The van der Waals surface area contributed by atoms with Gasteiger partial charge in [-0.3, -0.25) is 4.90 Å². The number of anilines is 3. The van der Waals surface area contributed by atoms with E-state index in [1.165, 1.54) is 17.5 Å². The molecule has 2 aromatic rings. The summed E-state index contributed by atoms with van der Waals surface area (Å²) < 4.78 is 0. The summed E-state index contributed by atoms with van der Waals surface area (Å²) in [4.78, 5) is 13.7. The molecule has 1 saturated carbocycles. The van der Waals surface area contributed by atoms with Crippen LogP contribution in [0.5, 0.6) is 0 Å². The fourth-order valence-electron chi connectivity index (χ4n) is 5.23. The topological polar surface area (TPSA) is 88.3 Å². The molecule has 2 N–H and O–H groups in total. The molecule has 0 saturated heterocycles. The van der Waals surface area contributed by atoms with Gasteiger partial charge in [-0.15, -0.1) is 0 Å². The number of aromatic nitrogens is 2. The van der Waals surface area contributed by atoms with E-state index in [9.17, 15) is 10.4 Å². The standard InChI is InChI=1S/C25H30N6O/c1-2-10-30-11-9-17-7-8-21(13-20(17)16-30)28-25-27-15-19-12-18(14-26)24(32)31(23(19)29-25)22-5-3-4-6-22/h7-8,12-13,15,22,24,32H,2-6,9-11,16H2,1H3,(H,27,28,29). The van der Waals surface area contributed by atoms with E-state index in [2.05, 4.69) is 46.4 Å². The number of benzene rings is 1. The Balaban J connectivity index is 1.42. The van der Waals surface area contributed by atoms with Gasteiger partial charge >= 0.3 is 0 Å². The Morgan fingerprint density at radius 1 is 1.25 bits per heavy atom. The maximum absolute atomic E-state index is 10.9. The highest BCUT2D eigenvalue weighted by Gasteiger charge is 2.35. The van der Waals surface area contributed by atoms with Crippen molar-refractivity contribution in [3.05, 3.63) is 46.7 Å². The summed E-state index contributed by atoms with van der Waals surface area (Å²) in [6, 6.07) is 8.83. The smallest absolute Gasteiger partial charge is 0.229 e. The quantitative estimate of drug-likeness (QED) is 0.742. The number of nitrogens with zero attached hydrogens (tertiary/aromatic N) is 5. The summed E-state index contributed by atoms with van der Waals surface area (Å²) in [6.07, 6.45) is 9.03. The summed E-state index contributed by atoms with van der Waals surface area (Å²) in [5.74, 6) is 1.21. The van der Waals surface area contributed by atoms with Crippen LogP contribution in [0.2, 0.25) is 0 Å². The third-order valence-electron chi connectivity index (χ3n) is 6.83. The molecule has 5 rings (SSSR count). The molecular weight excluding hydrogens is 400 g/mol. The van der Waals surface area contributed by atoms with Crippen LogP contribution >= 0.6 is 0 Å². The number of fused-ring (bicyclic) bond motifs is 2. The van der Waals surface area contributed by atoms with E-state index >= 15 is 0 Å². The predicted octanol–water partition coefficient (Wildman–Crippen LogP) is 3.98. The number of aliphatic hydroxyl groups excluding tert-OH is 1. The Labute approximate surface area is 189 Å².